The predicted octanol–water partition coefficient (Wildman–Crippen LogP) is 1.75. The van der Waals surface area contributed by atoms with Crippen LogP contribution in [0.4, 0.5) is 0 Å². The Hall–Kier alpha value is -0.0800. The molecule has 0 spiro atoms. The van der Waals surface area contributed by atoms with E-state index in [-0.39, 0.29) is 4.65 Å². The fourth-order valence-corrected chi connectivity index (χ4v) is 1.32. The second-order valence-electron chi connectivity index (χ2n) is 4.41. The fourth-order valence-electron chi connectivity index (χ4n) is 1.32. The summed E-state index contributed by atoms with van der Waals surface area (Å²) < 4.78 is -0.0244. The van der Waals surface area contributed by atoms with E-state index in [0.717, 1.165) is 25.9 Å². The number of hydrogen-bond acceptors (Lipinski definition) is 1. The molecular weight excluding hydrogens is 126 g/mol. The van der Waals surface area contributed by atoms with E-state index in [1.807, 2.05) is 0 Å². The molecule has 0 aromatic heterocycles. The summed E-state index contributed by atoms with van der Waals surface area (Å²) in [5.41, 5.74) is 0.419. The fraction of sp³-hybridized carbons (Fsp3) is 1.00. The topological polar surface area (TPSA) is 23.1 Å². The normalized spacial score (nSPS) is 30.0. The molecule has 10 heavy (non-hydrogen) atoms. The quantitative estimate of drug-likeness (QED) is 0.374. The van der Waals surface area contributed by atoms with Gasteiger partial charge >= 0.3 is 0 Å². The van der Waals surface area contributed by atoms with Gasteiger partial charge in [0.1, 0.15) is 0 Å². The van der Waals surface area contributed by atoms with E-state index < -0.39 is 0 Å². The number of hydroxylamine groups is 3. The molecule has 1 rings (SSSR count). The van der Waals surface area contributed by atoms with E-state index in [4.69, 9.17) is 0 Å². The van der Waals surface area contributed by atoms with Crippen molar-refractivity contribution in [3.05, 3.63) is 5.21 Å². The van der Waals surface area contributed by atoms with Crippen LogP contribution in [0.25, 0.3) is 0 Å². The summed E-state index contributed by atoms with van der Waals surface area (Å²) >= 11 is 0. The molecule has 1 saturated heterocycles. The lowest BCUT2D eigenvalue weighted by molar-refractivity contribution is -0.868. The van der Waals surface area contributed by atoms with Crippen molar-refractivity contribution < 1.29 is 4.65 Å². The molecule has 0 aromatic rings. The number of nitrogens with zero attached hydrogens (tertiary/aromatic N) is 1. The van der Waals surface area contributed by atoms with Crippen molar-refractivity contribution >= 4 is 0 Å². The number of rotatable bonds is 0. The highest BCUT2D eigenvalue weighted by Gasteiger charge is 2.28. The molecule has 0 saturated carbocycles. The summed E-state index contributed by atoms with van der Waals surface area (Å²) in [5.74, 6) is 0. The van der Waals surface area contributed by atoms with Gasteiger partial charge in [-0.2, -0.15) is 0 Å². The van der Waals surface area contributed by atoms with Gasteiger partial charge in [-0.15, -0.1) is 0 Å². The van der Waals surface area contributed by atoms with E-state index in [9.17, 15) is 5.21 Å². The maximum Gasteiger partial charge on any atom is 0.0787 e. The van der Waals surface area contributed by atoms with E-state index >= 15 is 0 Å². The molecule has 2 heteroatoms. The van der Waals surface area contributed by atoms with Gasteiger partial charge in [-0.3, -0.25) is 0 Å². The third-order valence-corrected chi connectivity index (χ3v) is 2.52. The molecule has 1 heterocycles. The second-order valence-corrected chi connectivity index (χ2v) is 4.41. The van der Waals surface area contributed by atoms with Crippen molar-refractivity contribution in [3.8, 4) is 0 Å². The van der Waals surface area contributed by atoms with Crippen LogP contribution < -0.4 is 0 Å². The van der Waals surface area contributed by atoms with Gasteiger partial charge < -0.3 is 9.85 Å². The van der Waals surface area contributed by atoms with E-state index in [1.165, 1.54) is 0 Å². The van der Waals surface area contributed by atoms with Crippen molar-refractivity contribution in [2.24, 2.45) is 5.41 Å². The van der Waals surface area contributed by atoms with Gasteiger partial charge in [-0.1, -0.05) is 13.8 Å². The monoisotopic (exact) mass is 143 g/mol. The van der Waals surface area contributed by atoms with Crippen molar-refractivity contribution in [1.82, 2.24) is 0 Å². The Labute approximate surface area is 63.0 Å². The first-order valence-corrected chi connectivity index (χ1v) is 3.97. The average Bonchev–Trinajstić information content (AvgIpc) is 1.79. The lowest BCUT2D eigenvalue weighted by Crippen LogP contribution is -2.46. The Morgan fingerprint density at radius 3 is 1.90 bits per heavy atom. The van der Waals surface area contributed by atoms with Crippen molar-refractivity contribution in [1.29, 1.82) is 0 Å². The molecule has 0 bridgehead atoms. The lowest BCUT2D eigenvalue weighted by atomic mass is 9.83. The zero-order valence-electron chi connectivity index (χ0n) is 7.18. The number of quaternary nitrogens is 1. The van der Waals surface area contributed by atoms with Crippen molar-refractivity contribution in [2.75, 3.05) is 20.1 Å². The zero-order valence-corrected chi connectivity index (χ0v) is 7.18. The van der Waals surface area contributed by atoms with Gasteiger partial charge in [-0.05, 0) is 5.41 Å². The van der Waals surface area contributed by atoms with Crippen LogP contribution in [0, 0.1) is 10.6 Å². The maximum atomic E-state index is 11.3. The Kier molecular flexibility index (Phi) is 1.77. The molecule has 60 valence electrons. The van der Waals surface area contributed by atoms with Crippen LogP contribution in [0.2, 0.25) is 0 Å². The van der Waals surface area contributed by atoms with Gasteiger partial charge in [0.25, 0.3) is 0 Å². The van der Waals surface area contributed by atoms with Gasteiger partial charge in [0.05, 0.1) is 20.1 Å². The molecule has 1 fully saturated rings. The zero-order chi connectivity index (χ0) is 7.83. The standard InChI is InChI=1S/C8H17NO/c1-8(2)4-6-9(3,10)7-5-8/h4-7H2,1-3H3. The van der Waals surface area contributed by atoms with Gasteiger partial charge in [-0.25, -0.2) is 0 Å². The summed E-state index contributed by atoms with van der Waals surface area (Å²) in [6, 6.07) is 0. The Bertz CT molecular complexity index is 101. The first kappa shape index (κ1) is 8.02. The minimum atomic E-state index is -0.0244. The molecule has 1 aliphatic heterocycles. The molecule has 0 aliphatic carbocycles. The maximum absolute atomic E-state index is 11.3. The van der Waals surface area contributed by atoms with Gasteiger partial charge in [0.2, 0.25) is 0 Å². The SMILES string of the molecule is CC1(C)CC[N+](C)([O-])CC1. The molecule has 0 unspecified atom stereocenters. The number of hydrogen-bond donors (Lipinski definition) is 0. The molecular formula is C8H17NO. The largest absolute Gasteiger partial charge is 0.633 e. The molecule has 2 nitrogen and oxygen atoms in total. The number of likely N-dealkylation sites (tertiary alicyclic amines) is 1. The number of piperidine rings is 1. The highest BCUT2D eigenvalue weighted by molar-refractivity contribution is 4.72. The van der Waals surface area contributed by atoms with Gasteiger partial charge in [0, 0.05) is 12.8 Å². The van der Waals surface area contributed by atoms with Crippen molar-refractivity contribution in [2.45, 2.75) is 26.7 Å². The first-order valence-electron chi connectivity index (χ1n) is 3.97. The summed E-state index contributed by atoms with van der Waals surface area (Å²) in [5, 5.41) is 11.3. The third-order valence-electron chi connectivity index (χ3n) is 2.52. The van der Waals surface area contributed by atoms with E-state index in [2.05, 4.69) is 13.8 Å². The van der Waals surface area contributed by atoms with Crippen LogP contribution in [-0.2, 0) is 0 Å². The van der Waals surface area contributed by atoms with E-state index in [1.54, 1.807) is 7.05 Å². The Morgan fingerprint density at radius 2 is 1.60 bits per heavy atom. The van der Waals surface area contributed by atoms with Crippen LogP contribution in [0.15, 0.2) is 0 Å². The van der Waals surface area contributed by atoms with Crippen LogP contribution >= 0.6 is 0 Å². The smallest absolute Gasteiger partial charge is 0.0787 e. The van der Waals surface area contributed by atoms with Crippen LogP contribution in [-0.4, -0.2) is 24.8 Å². The Balaban J connectivity index is 2.46. The lowest BCUT2D eigenvalue weighted by Gasteiger charge is -2.46. The highest BCUT2D eigenvalue weighted by atomic mass is 16.5. The third kappa shape index (κ3) is 1.96. The first-order chi connectivity index (χ1) is 4.41. The summed E-state index contributed by atoms with van der Waals surface area (Å²) in [7, 11) is 1.77. The molecule has 0 amide bonds. The minimum Gasteiger partial charge on any atom is -0.633 e. The van der Waals surface area contributed by atoms with E-state index in [0.29, 0.717) is 5.41 Å². The molecule has 0 aromatic carbocycles. The molecule has 1 aliphatic rings. The summed E-state index contributed by atoms with van der Waals surface area (Å²) in [4.78, 5) is 0. The molecule has 0 atom stereocenters. The van der Waals surface area contributed by atoms with Crippen molar-refractivity contribution in [3.63, 3.8) is 0 Å². The summed E-state index contributed by atoms with van der Waals surface area (Å²) in [6.07, 6.45) is 2.15. The van der Waals surface area contributed by atoms with Crippen LogP contribution in [0.1, 0.15) is 26.7 Å². The minimum absolute atomic E-state index is 0.0244. The molecule has 0 radical (unpaired) electrons. The second kappa shape index (κ2) is 2.21. The average molecular weight is 143 g/mol. The predicted molar refractivity (Wildman–Crippen MR) is 42.3 cm³/mol. The Morgan fingerprint density at radius 1 is 1.20 bits per heavy atom. The molecule has 0 N–H and O–H groups in total. The summed E-state index contributed by atoms with van der Waals surface area (Å²) in [6.45, 7) is 6.08. The highest BCUT2D eigenvalue weighted by Crippen LogP contribution is 2.31. The van der Waals surface area contributed by atoms with Gasteiger partial charge in [0.15, 0.2) is 0 Å². The van der Waals surface area contributed by atoms with Crippen LogP contribution in [0.3, 0.4) is 0 Å². The van der Waals surface area contributed by atoms with Crippen LogP contribution in [0.5, 0.6) is 0 Å².